The Kier molecular flexibility index (Phi) is 6.55. The van der Waals surface area contributed by atoms with Gasteiger partial charge in [0.25, 0.3) is 0 Å². The van der Waals surface area contributed by atoms with Crippen molar-refractivity contribution in [3.8, 4) is 11.3 Å². The predicted octanol–water partition coefficient (Wildman–Crippen LogP) is 4.46. The molecule has 7 heteroatoms. The number of halogens is 2. The van der Waals surface area contributed by atoms with E-state index in [2.05, 4.69) is 10.3 Å². The average Bonchev–Trinajstić information content (AvgIpc) is 3.10. The van der Waals surface area contributed by atoms with E-state index in [-0.39, 0.29) is 11.3 Å². The van der Waals surface area contributed by atoms with Crippen LogP contribution in [0.15, 0.2) is 54.7 Å². The van der Waals surface area contributed by atoms with Crippen LogP contribution >= 0.6 is 0 Å². The van der Waals surface area contributed by atoms with E-state index in [1.165, 1.54) is 6.92 Å². The highest BCUT2D eigenvalue weighted by molar-refractivity contribution is 5.80. The topological polar surface area (TPSA) is 67.2 Å². The fourth-order valence-corrected chi connectivity index (χ4v) is 3.32. The molecule has 5 nitrogen and oxygen atoms in total. The fourth-order valence-electron chi connectivity index (χ4n) is 3.32. The van der Waals surface area contributed by atoms with Crippen molar-refractivity contribution in [2.24, 2.45) is 5.41 Å². The number of nitrogens with one attached hydrogen (secondary N) is 1. The molecule has 2 atom stereocenters. The van der Waals surface area contributed by atoms with Gasteiger partial charge in [-0.3, -0.25) is 4.79 Å². The number of carbonyl (C=O) groups is 1. The van der Waals surface area contributed by atoms with Gasteiger partial charge in [0.1, 0.15) is 23.6 Å². The smallest absolute Gasteiger partial charge is 0.249 e. The zero-order valence-corrected chi connectivity index (χ0v) is 18.1. The van der Waals surface area contributed by atoms with Crippen molar-refractivity contribution in [3.05, 3.63) is 77.8 Å². The van der Waals surface area contributed by atoms with Gasteiger partial charge in [-0.25, -0.2) is 13.8 Å². The number of aliphatic hydroxyl groups is 1. The summed E-state index contributed by atoms with van der Waals surface area (Å²) in [6.45, 7) is 7.62. The summed E-state index contributed by atoms with van der Waals surface area (Å²) < 4.78 is 30.1. The monoisotopic (exact) mass is 427 g/mol. The maximum atomic E-state index is 14.5. The molecule has 0 saturated heterocycles. The SMILES string of the molecule is CC(O)C(=O)N[C@@H](c1nc(-c2cc(F)ccc2F)cn1Cc1ccccc1)C(C)(C)C. The number of amides is 1. The van der Waals surface area contributed by atoms with Crippen molar-refractivity contribution in [1.29, 1.82) is 0 Å². The quantitative estimate of drug-likeness (QED) is 0.610. The van der Waals surface area contributed by atoms with Gasteiger partial charge in [-0.15, -0.1) is 0 Å². The molecule has 1 unspecified atom stereocenters. The molecule has 2 aromatic carbocycles. The van der Waals surface area contributed by atoms with Crippen LogP contribution in [0.1, 0.15) is 45.1 Å². The van der Waals surface area contributed by atoms with Gasteiger partial charge in [-0.2, -0.15) is 0 Å². The minimum absolute atomic E-state index is 0.0440. The molecular weight excluding hydrogens is 400 g/mol. The Morgan fingerprint density at radius 1 is 1.16 bits per heavy atom. The summed E-state index contributed by atoms with van der Waals surface area (Å²) in [5.41, 5.74) is 0.829. The number of carbonyl (C=O) groups excluding carboxylic acids is 1. The molecule has 3 aromatic rings. The van der Waals surface area contributed by atoms with Crippen LogP contribution in [0.25, 0.3) is 11.3 Å². The van der Waals surface area contributed by atoms with Crippen LogP contribution in [-0.2, 0) is 11.3 Å². The van der Waals surface area contributed by atoms with Crippen molar-refractivity contribution in [2.75, 3.05) is 0 Å². The molecule has 0 aliphatic carbocycles. The van der Waals surface area contributed by atoms with Crippen LogP contribution in [0.5, 0.6) is 0 Å². The number of benzene rings is 2. The summed E-state index contributed by atoms with van der Waals surface area (Å²) in [5, 5.41) is 12.6. The van der Waals surface area contributed by atoms with Gasteiger partial charge >= 0.3 is 0 Å². The van der Waals surface area contributed by atoms with Crippen molar-refractivity contribution in [1.82, 2.24) is 14.9 Å². The highest BCUT2D eigenvalue weighted by atomic mass is 19.1. The molecule has 3 rings (SSSR count). The molecule has 0 spiro atoms. The maximum Gasteiger partial charge on any atom is 0.249 e. The van der Waals surface area contributed by atoms with Gasteiger partial charge in [0, 0.05) is 18.3 Å². The number of aliphatic hydroxyl groups excluding tert-OH is 1. The van der Waals surface area contributed by atoms with Gasteiger partial charge in [0.05, 0.1) is 11.7 Å². The Balaban J connectivity index is 2.14. The normalized spacial score (nSPS) is 13.6. The summed E-state index contributed by atoms with van der Waals surface area (Å²) in [6, 6.07) is 12.3. The number of nitrogens with zero attached hydrogens (tertiary/aromatic N) is 2. The van der Waals surface area contributed by atoms with Gasteiger partial charge in [0.2, 0.25) is 5.91 Å². The number of hydrogen-bond acceptors (Lipinski definition) is 3. The molecule has 0 radical (unpaired) electrons. The number of hydrogen-bond donors (Lipinski definition) is 2. The highest BCUT2D eigenvalue weighted by Crippen LogP contribution is 2.35. The molecule has 31 heavy (non-hydrogen) atoms. The Morgan fingerprint density at radius 3 is 2.45 bits per heavy atom. The van der Waals surface area contributed by atoms with E-state index in [1.54, 1.807) is 6.20 Å². The number of imidazole rings is 1. The van der Waals surface area contributed by atoms with E-state index in [9.17, 15) is 18.7 Å². The van der Waals surface area contributed by atoms with Crippen LogP contribution in [0.3, 0.4) is 0 Å². The average molecular weight is 427 g/mol. The van der Waals surface area contributed by atoms with Crippen LogP contribution < -0.4 is 5.32 Å². The second-order valence-electron chi connectivity index (χ2n) is 8.71. The second-order valence-corrected chi connectivity index (χ2v) is 8.71. The molecule has 164 valence electrons. The first-order valence-electron chi connectivity index (χ1n) is 10.1. The Labute approximate surface area is 180 Å². The third-order valence-electron chi connectivity index (χ3n) is 5.00. The summed E-state index contributed by atoms with van der Waals surface area (Å²) in [5.74, 6) is -1.19. The fraction of sp³-hybridized carbons (Fsp3) is 0.333. The largest absolute Gasteiger partial charge is 0.384 e. The van der Waals surface area contributed by atoms with Crippen molar-refractivity contribution in [2.45, 2.75) is 46.4 Å². The highest BCUT2D eigenvalue weighted by Gasteiger charge is 2.33. The summed E-state index contributed by atoms with van der Waals surface area (Å²) in [4.78, 5) is 16.9. The van der Waals surface area contributed by atoms with E-state index in [4.69, 9.17) is 0 Å². The van der Waals surface area contributed by atoms with Gasteiger partial charge in [-0.1, -0.05) is 51.1 Å². The zero-order valence-electron chi connectivity index (χ0n) is 18.1. The van der Waals surface area contributed by atoms with E-state index in [1.807, 2.05) is 55.7 Å². The minimum atomic E-state index is -1.19. The van der Waals surface area contributed by atoms with Crippen molar-refractivity contribution >= 4 is 5.91 Å². The Bertz CT molecular complexity index is 1060. The lowest BCUT2D eigenvalue weighted by atomic mass is 9.86. The summed E-state index contributed by atoms with van der Waals surface area (Å²) >= 11 is 0. The van der Waals surface area contributed by atoms with Crippen LogP contribution in [0.2, 0.25) is 0 Å². The Hall–Kier alpha value is -3.06. The second kappa shape index (κ2) is 8.98. The lowest BCUT2D eigenvalue weighted by molar-refractivity contribution is -0.130. The molecule has 0 bridgehead atoms. The molecule has 1 amide bonds. The first-order chi connectivity index (χ1) is 14.6. The Morgan fingerprint density at radius 2 is 1.84 bits per heavy atom. The van der Waals surface area contributed by atoms with E-state index >= 15 is 0 Å². The van der Waals surface area contributed by atoms with Crippen molar-refractivity contribution < 1.29 is 18.7 Å². The maximum absolute atomic E-state index is 14.5. The van der Waals surface area contributed by atoms with Crippen LogP contribution in [0.4, 0.5) is 8.78 Å². The summed E-state index contributed by atoms with van der Waals surface area (Å²) in [7, 11) is 0. The molecule has 1 heterocycles. The zero-order chi connectivity index (χ0) is 22.8. The third kappa shape index (κ3) is 5.35. The molecular formula is C24H27F2N3O2. The number of rotatable bonds is 6. The van der Waals surface area contributed by atoms with E-state index in [0.717, 1.165) is 23.8 Å². The van der Waals surface area contributed by atoms with Crippen LogP contribution in [0, 0.1) is 17.0 Å². The number of aromatic nitrogens is 2. The first kappa shape index (κ1) is 22.6. The predicted molar refractivity (Wildman–Crippen MR) is 115 cm³/mol. The van der Waals surface area contributed by atoms with Gasteiger partial charge < -0.3 is 15.0 Å². The standard InChI is InChI=1S/C24H27F2N3O2/c1-15(30)23(31)28-21(24(2,3)4)22-27-20(18-12-17(25)10-11-19(18)26)14-29(22)13-16-8-6-5-7-9-16/h5-12,14-15,21,30H,13H2,1-4H3,(H,28,31)/t15?,21-/m0/s1. The molecule has 0 aliphatic rings. The summed E-state index contributed by atoms with van der Waals surface area (Å²) in [6.07, 6.45) is 0.468. The van der Waals surface area contributed by atoms with E-state index < -0.39 is 35.1 Å². The third-order valence-corrected chi connectivity index (χ3v) is 5.00. The van der Waals surface area contributed by atoms with Crippen molar-refractivity contribution in [3.63, 3.8) is 0 Å². The molecule has 0 fully saturated rings. The molecule has 0 aliphatic heterocycles. The van der Waals surface area contributed by atoms with Gasteiger partial charge in [0.15, 0.2) is 0 Å². The van der Waals surface area contributed by atoms with Crippen LogP contribution in [-0.4, -0.2) is 26.7 Å². The van der Waals surface area contributed by atoms with E-state index in [0.29, 0.717) is 12.4 Å². The molecule has 0 saturated carbocycles. The lowest BCUT2D eigenvalue weighted by Crippen LogP contribution is -2.42. The molecule has 2 N–H and O–H groups in total. The first-order valence-corrected chi connectivity index (χ1v) is 10.1. The van der Waals surface area contributed by atoms with Gasteiger partial charge in [-0.05, 0) is 36.1 Å². The minimum Gasteiger partial charge on any atom is -0.384 e. The lowest BCUT2D eigenvalue weighted by Gasteiger charge is -2.32. The molecule has 1 aromatic heterocycles.